The number of phenols is 1. The molecule has 0 amide bonds. The number of para-hydroxylation sites is 1. The fraction of sp³-hybridized carbons (Fsp3) is 0.222. The first-order valence-corrected chi connectivity index (χ1v) is 8.19. The predicted molar refractivity (Wildman–Crippen MR) is 104 cm³/mol. The predicted octanol–water partition coefficient (Wildman–Crippen LogP) is 1.16. The lowest BCUT2D eigenvalue weighted by Crippen LogP contribution is -2.37. The molecule has 3 aromatic rings. The lowest BCUT2D eigenvalue weighted by molar-refractivity contribution is 0.474. The molecule has 0 atom stereocenters. The van der Waals surface area contributed by atoms with E-state index in [1.165, 1.54) is 17.8 Å². The molecule has 0 radical (unpaired) electrons. The average Bonchev–Trinajstić information content (AvgIpc) is 2.97. The van der Waals surface area contributed by atoms with Crippen LogP contribution >= 0.6 is 0 Å². The second-order valence-electron chi connectivity index (χ2n) is 6.29. The number of nitrogens with zero attached hydrogens (tertiary/aromatic N) is 5. The number of hydrogen-bond donors (Lipinski definition) is 2. The molecule has 1 aromatic carbocycles. The van der Waals surface area contributed by atoms with E-state index in [9.17, 15) is 14.7 Å². The Hall–Kier alpha value is -3.62. The zero-order valence-corrected chi connectivity index (χ0v) is 15.3. The Kier molecular flexibility index (Phi) is 4.68. The topological polar surface area (TPSA) is 106 Å². The zero-order valence-electron chi connectivity index (χ0n) is 15.3. The number of rotatable bonds is 5. The Bertz CT molecular complexity index is 1180. The molecule has 0 aliphatic heterocycles. The van der Waals surface area contributed by atoms with Crippen LogP contribution in [0.15, 0.2) is 51.1 Å². The van der Waals surface area contributed by atoms with Crippen LogP contribution in [0.1, 0.15) is 12.5 Å². The Morgan fingerprint density at radius 2 is 2.00 bits per heavy atom. The molecule has 2 aromatic heterocycles. The highest BCUT2D eigenvalue weighted by atomic mass is 16.3. The molecule has 0 saturated carbocycles. The normalized spacial score (nSPS) is 11.4. The Labute approximate surface area is 154 Å². The molecule has 0 fully saturated rings. The summed E-state index contributed by atoms with van der Waals surface area (Å²) in [5.74, 6) is 0.382. The van der Waals surface area contributed by atoms with Crippen LogP contribution in [0, 0.1) is 0 Å². The number of aromatic hydroxyl groups is 1. The van der Waals surface area contributed by atoms with Crippen LogP contribution in [0.3, 0.4) is 0 Å². The average molecular weight is 368 g/mol. The lowest BCUT2D eigenvalue weighted by Gasteiger charge is -2.08. The molecule has 9 nitrogen and oxygen atoms in total. The maximum Gasteiger partial charge on any atom is 0.332 e. The maximum absolute atomic E-state index is 12.6. The van der Waals surface area contributed by atoms with Gasteiger partial charge in [-0.05, 0) is 19.1 Å². The van der Waals surface area contributed by atoms with Crippen molar-refractivity contribution in [3.8, 4) is 5.75 Å². The molecular weight excluding hydrogens is 348 g/mol. The second-order valence-corrected chi connectivity index (χ2v) is 6.29. The second kappa shape index (κ2) is 6.94. The minimum absolute atomic E-state index is 0.0924. The Balaban J connectivity index is 2.12. The smallest absolute Gasteiger partial charge is 0.332 e. The molecule has 2 N–H and O–H groups in total. The molecule has 3 rings (SSSR count). The number of benzene rings is 1. The van der Waals surface area contributed by atoms with Gasteiger partial charge in [0.05, 0.1) is 6.21 Å². The van der Waals surface area contributed by atoms with E-state index in [2.05, 4.69) is 22.1 Å². The first kappa shape index (κ1) is 18.2. The molecule has 140 valence electrons. The molecule has 0 spiro atoms. The minimum atomic E-state index is -0.461. The van der Waals surface area contributed by atoms with Gasteiger partial charge in [-0.25, -0.2) is 10.2 Å². The highest BCUT2D eigenvalue weighted by Gasteiger charge is 2.18. The van der Waals surface area contributed by atoms with Crippen molar-refractivity contribution in [2.45, 2.75) is 13.5 Å². The number of phenolic OH excluding ortho intramolecular Hbond substituents is 1. The first-order chi connectivity index (χ1) is 12.8. The van der Waals surface area contributed by atoms with Crippen LogP contribution in [0.25, 0.3) is 11.2 Å². The van der Waals surface area contributed by atoms with Crippen molar-refractivity contribution in [2.75, 3.05) is 5.43 Å². The number of hydrazone groups is 1. The standard InChI is InChI=1S/C18H20N6O3/c1-11(2)10-24-14-15(22(3)18(27)23(4)16(14)26)20-17(24)21-19-9-12-7-5-6-8-13(12)25/h5-9,25H,1,10H2,2-4H3,(H,20,21)/b19-9+. The molecule has 2 heterocycles. The molecule has 0 saturated heterocycles. The third-order valence-electron chi connectivity index (χ3n) is 4.08. The van der Waals surface area contributed by atoms with Gasteiger partial charge in [-0.3, -0.25) is 18.5 Å². The highest BCUT2D eigenvalue weighted by molar-refractivity contribution is 5.83. The van der Waals surface area contributed by atoms with Gasteiger partial charge < -0.3 is 5.11 Å². The van der Waals surface area contributed by atoms with E-state index in [4.69, 9.17) is 0 Å². The van der Waals surface area contributed by atoms with E-state index in [0.717, 1.165) is 10.1 Å². The van der Waals surface area contributed by atoms with Crippen LogP contribution in [0.2, 0.25) is 0 Å². The summed E-state index contributed by atoms with van der Waals surface area (Å²) < 4.78 is 3.97. The number of nitrogens with one attached hydrogen (secondary N) is 1. The molecule has 0 aliphatic carbocycles. The van der Waals surface area contributed by atoms with E-state index in [1.54, 1.807) is 35.9 Å². The van der Waals surface area contributed by atoms with Crippen LogP contribution in [0.4, 0.5) is 5.95 Å². The number of anilines is 1. The highest BCUT2D eigenvalue weighted by Crippen LogP contribution is 2.18. The summed E-state index contributed by atoms with van der Waals surface area (Å²) in [4.78, 5) is 29.1. The summed E-state index contributed by atoms with van der Waals surface area (Å²) in [5.41, 5.74) is 3.74. The lowest BCUT2D eigenvalue weighted by atomic mass is 10.2. The van der Waals surface area contributed by atoms with Gasteiger partial charge in [-0.15, -0.1) is 0 Å². The van der Waals surface area contributed by atoms with Crippen molar-refractivity contribution in [2.24, 2.45) is 19.2 Å². The molecular formula is C18H20N6O3. The summed E-state index contributed by atoms with van der Waals surface area (Å²) >= 11 is 0. The molecule has 0 unspecified atom stereocenters. The fourth-order valence-corrected chi connectivity index (χ4v) is 2.71. The van der Waals surface area contributed by atoms with Gasteiger partial charge in [-0.2, -0.15) is 10.1 Å². The van der Waals surface area contributed by atoms with E-state index < -0.39 is 11.2 Å². The van der Waals surface area contributed by atoms with Crippen LogP contribution < -0.4 is 16.7 Å². The summed E-state index contributed by atoms with van der Waals surface area (Å²) in [6.45, 7) is 6.04. The van der Waals surface area contributed by atoms with Gasteiger partial charge in [0.25, 0.3) is 5.56 Å². The third kappa shape index (κ3) is 3.26. The van der Waals surface area contributed by atoms with Crippen molar-refractivity contribution in [3.63, 3.8) is 0 Å². The molecule has 9 heteroatoms. The van der Waals surface area contributed by atoms with Crippen LogP contribution in [-0.2, 0) is 20.6 Å². The summed E-state index contributed by atoms with van der Waals surface area (Å²) in [6, 6.07) is 6.74. The van der Waals surface area contributed by atoms with Crippen molar-refractivity contribution in [3.05, 3.63) is 62.8 Å². The van der Waals surface area contributed by atoms with E-state index in [1.807, 2.05) is 6.92 Å². The number of hydrogen-bond acceptors (Lipinski definition) is 6. The van der Waals surface area contributed by atoms with E-state index in [0.29, 0.717) is 12.1 Å². The summed E-state index contributed by atoms with van der Waals surface area (Å²) in [5, 5.41) is 13.9. The Morgan fingerprint density at radius 3 is 2.67 bits per heavy atom. The van der Waals surface area contributed by atoms with E-state index in [-0.39, 0.29) is 22.9 Å². The van der Waals surface area contributed by atoms with Crippen molar-refractivity contribution in [1.29, 1.82) is 0 Å². The van der Waals surface area contributed by atoms with Gasteiger partial charge in [-0.1, -0.05) is 24.3 Å². The van der Waals surface area contributed by atoms with Gasteiger partial charge in [0.15, 0.2) is 11.2 Å². The van der Waals surface area contributed by atoms with Crippen LogP contribution in [0.5, 0.6) is 5.75 Å². The summed E-state index contributed by atoms with van der Waals surface area (Å²) in [6.07, 6.45) is 1.44. The van der Waals surface area contributed by atoms with Gasteiger partial charge >= 0.3 is 5.69 Å². The maximum atomic E-state index is 12.6. The van der Waals surface area contributed by atoms with Gasteiger partial charge in [0.1, 0.15) is 5.75 Å². The van der Waals surface area contributed by atoms with E-state index >= 15 is 0 Å². The van der Waals surface area contributed by atoms with Crippen molar-refractivity contribution >= 4 is 23.3 Å². The van der Waals surface area contributed by atoms with Gasteiger partial charge in [0, 0.05) is 26.2 Å². The minimum Gasteiger partial charge on any atom is -0.507 e. The molecule has 27 heavy (non-hydrogen) atoms. The number of fused-ring (bicyclic) bond motifs is 1. The number of imidazole rings is 1. The molecule has 0 bridgehead atoms. The number of allylic oxidation sites excluding steroid dienone is 1. The van der Waals surface area contributed by atoms with Crippen LogP contribution in [-0.4, -0.2) is 30.0 Å². The van der Waals surface area contributed by atoms with Gasteiger partial charge in [0.2, 0.25) is 5.95 Å². The number of aromatic nitrogens is 4. The van der Waals surface area contributed by atoms with Crippen molar-refractivity contribution in [1.82, 2.24) is 18.7 Å². The first-order valence-electron chi connectivity index (χ1n) is 8.19. The largest absolute Gasteiger partial charge is 0.507 e. The Morgan fingerprint density at radius 1 is 1.30 bits per heavy atom. The molecule has 0 aliphatic rings. The van der Waals surface area contributed by atoms with Crippen molar-refractivity contribution < 1.29 is 5.11 Å². The zero-order chi connectivity index (χ0) is 19.7. The third-order valence-corrected chi connectivity index (χ3v) is 4.08. The monoisotopic (exact) mass is 368 g/mol. The fourth-order valence-electron chi connectivity index (χ4n) is 2.71. The number of aryl methyl sites for hydroxylation is 1. The SMILES string of the molecule is C=C(C)Cn1c(N/N=C/c2ccccc2O)nc2c1c(=O)n(C)c(=O)n2C. The quantitative estimate of drug-likeness (QED) is 0.399. The summed E-state index contributed by atoms with van der Waals surface area (Å²) in [7, 11) is 2.98.